The fourth-order valence-corrected chi connectivity index (χ4v) is 3.34. The maximum atomic E-state index is 14.5. The maximum absolute atomic E-state index is 14.5. The van der Waals surface area contributed by atoms with Gasteiger partial charge in [-0.3, -0.25) is 14.5 Å². The number of amides is 2. The summed E-state index contributed by atoms with van der Waals surface area (Å²) in [5.74, 6) is -21.0. The molecule has 0 saturated heterocycles. The van der Waals surface area contributed by atoms with E-state index in [1.165, 1.54) is 0 Å². The monoisotopic (exact) mass is 558 g/mol. The summed E-state index contributed by atoms with van der Waals surface area (Å²) in [6, 6.07) is -0.0952. The third-order valence-electron chi connectivity index (χ3n) is 4.41. The Bertz CT molecular complexity index is 1380. The Morgan fingerprint density at radius 2 is 1.44 bits per heavy atom. The van der Waals surface area contributed by atoms with Crippen molar-refractivity contribution in [1.82, 2.24) is 4.72 Å². The fraction of sp³-hybridized carbons (Fsp3) is 0.176. The molecule has 19 heteroatoms. The highest BCUT2D eigenvalue weighted by molar-refractivity contribution is 7.90. The van der Waals surface area contributed by atoms with E-state index in [1.807, 2.05) is 0 Å². The van der Waals surface area contributed by atoms with Crippen LogP contribution in [0, 0.1) is 34.9 Å². The quantitative estimate of drug-likeness (QED) is 0.353. The molecule has 0 atom stereocenters. The first-order valence-corrected chi connectivity index (χ1v) is 10.1. The van der Waals surface area contributed by atoms with Crippen LogP contribution in [0.2, 0.25) is 0 Å². The second kappa shape index (κ2) is 8.49. The molecule has 0 fully saturated rings. The van der Waals surface area contributed by atoms with Crippen molar-refractivity contribution in [2.45, 2.75) is 11.6 Å². The van der Waals surface area contributed by atoms with Crippen LogP contribution in [0.5, 0.6) is 5.75 Å². The van der Waals surface area contributed by atoms with Crippen LogP contribution < -0.4 is 14.4 Å². The van der Waals surface area contributed by atoms with Crippen LogP contribution in [0.4, 0.5) is 54.0 Å². The first-order valence-electron chi connectivity index (χ1n) is 8.66. The lowest BCUT2D eigenvalue weighted by Crippen LogP contribution is -2.54. The van der Waals surface area contributed by atoms with Gasteiger partial charge in [-0.05, 0) is 6.07 Å². The highest BCUT2D eigenvalue weighted by Gasteiger charge is 2.52. The van der Waals surface area contributed by atoms with Crippen LogP contribution in [0.1, 0.15) is 0 Å². The molecule has 0 saturated carbocycles. The predicted octanol–water partition coefficient (Wildman–Crippen LogP) is 3.47. The molecular weight excluding hydrogens is 553 g/mol. The Labute approximate surface area is 191 Å². The molecule has 1 N–H and O–H groups in total. The zero-order valence-corrected chi connectivity index (χ0v) is 17.2. The van der Waals surface area contributed by atoms with E-state index < -0.39 is 102 Å². The van der Waals surface area contributed by atoms with E-state index in [0.717, 1.165) is 0 Å². The predicted molar refractivity (Wildman–Crippen MR) is 92.7 cm³/mol. The summed E-state index contributed by atoms with van der Waals surface area (Å²) >= 11 is 0. The van der Waals surface area contributed by atoms with E-state index in [1.54, 1.807) is 0 Å². The Morgan fingerprint density at radius 1 is 0.944 bits per heavy atom. The number of carbonyl (C=O) groups is 2. The molecule has 1 aliphatic heterocycles. The smallest absolute Gasteiger partial charge is 0.423 e. The van der Waals surface area contributed by atoms with Crippen molar-refractivity contribution in [3.05, 3.63) is 47.0 Å². The van der Waals surface area contributed by atoms with Crippen molar-refractivity contribution in [2.75, 3.05) is 11.4 Å². The summed E-state index contributed by atoms with van der Waals surface area (Å²) in [4.78, 5) is 23.3. The molecule has 1 heterocycles. The minimum absolute atomic E-state index is 0.0155. The number of hydrogen-bond acceptors (Lipinski definition) is 5. The van der Waals surface area contributed by atoms with Crippen LogP contribution in [0.25, 0.3) is 11.1 Å². The summed E-state index contributed by atoms with van der Waals surface area (Å²) in [6.07, 6.45) is -4.92. The molecule has 196 valence electrons. The van der Waals surface area contributed by atoms with E-state index in [4.69, 9.17) is 0 Å². The molecule has 3 rings (SSSR count). The largest absolute Gasteiger partial charge is 0.516 e. The number of sulfonamides is 1. The highest BCUT2D eigenvalue weighted by Crippen LogP contribution is 2.44. The van der Waals surface area contributed by atoms with Crippen molar-refractivity contribution in [1.29, 1.82) is 0 Å². The molecular formula is C17H5F11N2O5S. The lowest BCUT2D eigenvalue weighted by atomic mass is 10.0. The van der Waals surface area contributed by atoms with Gasteiger partial charge in [0, 0.05) is 11.6 Å². The summed E-state index contributed by atoms with van der Waals surface area (Å²) in [5.41, 5.74) is -10.8. The average Bonchev–Trinajstić information content (AvgIpc) is 2.73. The van der Waals surface area contributed by atoms with Gasteiger partial charge in [0.1, 0.15) is 12.4 Å². The Kier molecular flexibility index (Phi) is 6.35. The molecule has 2 amide bonds. The summed E-state index contributed by atoms with van der Waals surface area (Å²) in [6.45, 7) is -1.94. The van der Waals surface area contributed by atoms with E-state index >= 15 is 0 Å². The van der Waals surface area contributed by atoms with Gasteiger partial charge in [-0.1, -0.05) is 0 Å². The Morgan fingerprint density at radius 3 is 1.94 bits per heavy atom. The number of benzene rings is 2. The second-order valence-electron chi connectivity index (χ2n) is 6.73. The summed E-state index contributed by atoms with van der Waals surface area (Å²) in [5, 5.41) is 0. The number of carbonyl (C=O) groups excluding carboxylic acids is 2. The van der Waals surface area contributed by atoms with Crippen LogP contribution >= 0.6 is 0 Å². The van der Waals surface area contributed by atoms with Gasteiger partial charge in [0.2, 0.25) is 5.82 Å². The molecule has 0 aliphatic carbocycles. The van der Waals surface area contributed by atoms with Gasteiger partial charge in [-0.25, -0.2) is 31.1 Å². The SMILES string of the molecule is O=C(CN1C(=O)C(F)(F)Oc2cc(F)c(-c3c(F)c(F)c(F)c(F)c3F)cc21)NS(=O)(=O)C(F)(F)F. The number of hydrogen-bond donors (Lipinski definition) is 1. The van der Waals surface area contributed by atoms with E-state index in [2.05, 4.69) is 4.74 Å². The highest BCUT2D eigenvalue weighted by atomic mass is 32.2. The van der Waals surface area contributed by atoms with Crippen molar-refractivity contribution >= 4 is 27.5 Å². The normalized spacial score (nSPS) is 15.4. The molecule has 0 radical (unpaired) electrons. The number of nitrogens with one attached hydrogen (secondary N) is 1. The lowest BCUT2D eigenvalue weighted by Gasteiger charge is -2.33. The van der Waals surface area contributed by atoms with Crippen LogP contribution in [0.15, 0.2) is 12.1 Å². The number of fused-ring (bicyclic) bond motifs is 1. The van der Waals surface area contributed by atoms with Gasteiger partial charge < -0.3 is 4.74 Å². The van der Waals surface area contributed by atoms with Gasteiger partial charge >= 0.3 is 27.5 Å². The fourth-order valence-electron chi connectivity index (χ4n) is 2.86. The average molecular weight is 558 g/mol. The molecule has 0 aromatic heterocycles. The minimum Gasteiger partial charge on any atom is -0.423 e. The zero-order chi connectivity index (χ0) is 27.5. The van der Waals surface area contributed by atoms with Crippen LogP contribution in [0.3, 0.4) is 0 Å². The summed E-state index contributed by atoms with van der Waals surface area (Å²) < 4.78 is 175. The van der Waals surface area contributed by atoms with Gasteiger partial charge in [0.15, 0.2) is 29.0 Å². The third-order valence-corrected chi connectivity index (χ3v) is 5.51. The molecule has 2 aromatic carbocycles. The van der Waals surface area contributed by atoms with Crippen molar-refractivity contribution in [3.8, 4) is 16.9 Å². The number of anilines is 1. The van der Waals surface area contributed by atoms with Gasteiger partial charge in [-0.2, -0.15) is 30.4 Å². The number of rotatable bonds is 4. The van der Waals surface area contributed by atoms with E-state index in [-0.39, 0.29) is 12.1 Å². The number of alkyl halides is 5. The van der Waals surface area contributed by atoms with Gasteiger partial charge in [0.25, 0.3) is 5.91 Å². The number of ether oxygens (including phenoxy) is 1. The second-order valence-corrected chi connectivity index (χ2v) is 8.40. The molecule has 36 heavy (non-hydrogen) atoms. The van der Waals surface area contributed by atoms with Crippen molar-refractivity contribution < 1.29 is 71.0 Å². The zero-order valence-electron chi connectivity index (χ0n) is 16.4. The van der Waals surface area contributed by atoms with Crippen molar-refractivity contribution in [2.24, 2.45) is 0 Å². The Hall–Kier alpha value is -3.64. The first kappa shape index (κ1) is 27.0. The Balaban J connectivity index is 2.18. The maximum Gasteiger partial charge on any atom is 0.516 e. The number of halogens is 11. The van der Waals surface area contributed by atoms with E-state index in [0.29, 0.717) is 4.72 Å². The molecule has 0 bridgehead atoms. The lowest BCUT2D eigenvalue weighted by molar-refractivity contribution is -0.192. The van der Waals surface area contributed by atoms with Gasteiger partial charge in [0.05, 0.1) is 11.3 Å². The van der Waals surface area contributed by atoms with E-state index in [9.17, 15) is 66.3 Å². The molecule has 0 unspecified atom stereocenters. The van der Waals surface area contributed by atoms with Gasteiger partial charge in [-0.15, -0.1) is 0 Å². The first-order chi connectivity index (χ1) is 16.3. The summed E-state index contributed by atoms with van der Waals surface area (Å²) in [7, 11) is -6.39. The minimum atomic E-state index is -6.39. The molecule has 7 nitrogen and oxygen atoms in total. The molecule has 2 aromatic rings. The topological polar surface area (TPSA) is 92.8 Å². The van der Waals surface area contributed by atoms with Crippen LogP contribution in [-0.2, 0) is 19.6 Å². The number of nitrogens with zero attached hydrogens (tertiary/aromatic N) is 1. The van der Waals surface area contributed by atoms with Crippen LogP contribution in [-0.4, -0.2) is 38.4 Å². The molecule has 0 spiro atoms. The molecule has 1 aliphatic rings. The standard InChI is InChI=1S/C17H5F11N2O5S/c18-5-2-7-6(1-4(5)9-10(19)12(21)14(23)13(22)11(9)20)30(15(32)16(24,25)35-7)3-8(31)29-36(33,34)17(26,27)28/h1-2H,3H2,(H,29,31). The van der Waals surface area contributed by atoms with Crippen molar-refractivity contribution in [3.63, 3.8) is 0 Å². The third kappa shape index (κ3) is 4.37.